The van der Waals surface area contributed by atoms with Crippen molar-refractivity contribution in [3.8, 4) is 0 Å². The molecule has 0 bridgehead atoms. The van der Waals surface area contributed by atoms with Gasteiger partial charge in [0.25, 0.3) is 5.91 Å². The molecular weight excluding hydrogens is 312 g/mol. The summed E-state index contributed by atoms with van der Waals surface area (Å²) >= 11 is 0. The highest BCUT2D eigenvalue weighted by atomic mass is 16.2. The molecule has 1 amide bonds. The SMILES string of the molecule is Cc1cc(C(=O)N(C)Cc2cc(C3CC3)n[nH]2)c2cccc(C)c2n1. The highest BCUT2D eigenvalue weighted by molar-refractivity contribution is 6.06. The summed E-state index contributed by atoms with van der Waals surface area (Å²) in [5.41, 5.74) is 5.64. The topological polar surface area (TPSA) is 61.9 Å². The third-order valence-corrected chi connectivity index (χ3v) is 4.80. The molecule has 1 aliphatic rings. The van der Waals surface area contributed by atoms with Crippen LogP contribution in [0.5, 0.6) is 0 Å². The van der Waals surface area contributed by atoms with Gasteiger partial charge in [-0.25, -0.2) is 0 Å². The van der Waals surface area contributed by atoms with Gasteiger partial charge in [-0.05, 0) is 44.4 Å². The van der Waals surface area contributed by atoms with Crippen LogP contribution in [0, 0.1) is 13.8 Å². The van der Waals surface area contributed by atoms with Crippen LogP contribution in [-0.2, 0) is 6.54 Å². The van der Waals surface area contributed by atoms with E-state index in [1.165, 1.54) is 12.8 Å². The normalized spacial score (nSPS) is 14.0. The molecule has 4 rings (SSSR count). The number of aromatic amines is 1. The molecule has 0 radical (unpaired) electrons. The predicted octanol–water partition coefficient (Wildman–Crippen LogP) is 3.72. The average molecular weight is 334 g/mol. The summed E-state index contributed by atoms with van der Waals surface area (Å²) in [6.45, 7) is 4.48. The summed E-state index contributed by atoms with van der Waals surface area (Å²) in [5, 5.41) is 8.34. The van der Waals surface area contributed by atoms with Crippen LogP contribution in [0.2, 0.25) is 0 Å². The molecule has 1 aliphatic carbocycles. The summed E-state index contributed by atoms with van der Waals surface area (Å²) in [7, 11) is 1.83. The first-order chi connectivity index (χ1) is 12.0. The second-order valence-electron chi connectivity index (χ2n) is 7.04. The first-order valence-electron chi connectivity index (χ1n) is 8.69. The van der Waals surface area contributed by atoms with Crippen molar-refractivity contribution >= 4 is 16.8 Å². The standard InChI is InChI=1S/C20H22N4O/c1-12-5-4-6-16-17(9-13(2)21-19(12)16)20(25)24(3)11-15-10-18(23-22-15)14-7-8-14/h4-6,9-10,14H,7-8,11H2,1-3H3,(H,22,23). The Morgan fingerprint density at radius 3 is 2.84 bits per heavy atom. The molecule has 3 aromatic rings. The molecule has 2 aromatic heterocycles. The number of nitrogens with one attached hydrogen (secondary N) is 1. The van der Waals surface area contributed by atoms with Gasteiger partial charge in [-0.3, -0.25) is 14.9 Å². The smallest absolute Gasteiger partial charge is 0.254 e. The second kappa shape index (κ2) is 5.99. The number of H-pyrrole nitrogens is 1. The van der Waals surface area contributed by atoms with Gasteiger partial charge in [-0.2, -0.15) is 5.10 Å². The minimum absolute atomic E-state index is 0.00340. The number of para-hydroxylation sites is 1. The van der Waals surface area contributed by atoms with Crippen molar-refractivity contribution < 1.29 is 4.79 Å². The number of nitrogens with zero attached hydrogens (tertiary/aromatic N) is 3. The number of carbonyl (C=O) groups excluding carboxylic acids is 1. The molecule has 1 aromatic carbocycles. The van der Waals surface area contributed by atoms with Gasteiger partial charge >= 0.3 is 0 Å². The maximum Gasteiger partial charge on any atom is 0.254 e. The lowest BCUT2D eigenvalue weighted by Crippen LogP contribution is -2.26. The Kier molecular flexibility index (Phi) is 3.79. The fourth-order valence-corrected chi connectivity index (χ4v) is 3.28. The summed E-state index contributed by atoms with van der Waals surface area (Å²) in [6, 6.07) is 9.93. The molecule has 0 aliphatic heterocycles. The van der Waals surface area contributed by atoms with Crippen LogP contribution in [0.1, 0.15) is 51.8 Å². The minimum atomic E-state index is 0.00340. The van der Waals surface area contributed by atoms with E-state index in [4.69, 9.17) is 0 Å². The first-order valence-corrected chi connectivity index (χ1v) is 8.69. The van der Waals surface area contributed by atoms with Crippen molar-refractivity contribution in [1.82, 2.24) is 20.1 Å². The number of rotatable bonds is 4. The van der Waals surface area contributed by atoms with Crippen molar-refractivity contribution in [1.29, 1.82) is 0 Å². The van der Waals surface area contributed by atoms with Crippen molar-refractivity contribution in [3.63, 3.8) is 0 Å². The molecule has 0 atom stereocenters. The Morgan fingerprint density at radius 1 is 1.28 bits per heavy atom. The number of benzene rings is 1. The molecule has 5 heteroatoms. The molecule has 2 heterocycles. The van der Waals surface area contributed by atoms with E-state index in [-0.39, 0.29) is 5.91 Å². The third kappa shape index (κ3) is 3.02. The summed E-state index contributed by atoms with van der Waals surface area (Å²) in [6.07, 6.45) is 2.45. The molecule has 0 spiro atoms. The number of carbonyl (C=O) groups is 1. The van der Waals surface area contributed by atoms with Gasteiger partial charge in [0.1, 0.15) is 0 Å². The van der Waals surface area contributed by atoms with Crippen LogP contribution in [0.4, 0.5) is 0 Å². The molecule has 0 saturated heterocycles. The largest absolute Gasteiger partial charge is 0.336 e. The van der Waals surface area contributed by atoms with Crippen molar-refractivity contribution in [2.75, 3.05) is 7.05 Å². The van der Waals surface area contributed by atoms with E-state index in [2.05, 4.69) is 21.2 Å². The Balaban J connectivity index is 1.63. The van der Waals surface area contributed by atoms with Gasteiger partial charge in [-0.15, -0.1) is 0 Å². The Hall–Kier alpha value is -2.69. The molecule has 1 N–H and O–H groups in total. The van der Waals surface area contributed by atoms with Crippen molar-refractivity contribution in [2.45, 2.75) is 39.2 Å². The van der Waals surface area contributed by atoms with Crippen LogP contribution < -0.4 is 0 Å². The Labute approximate surface area is 147 Å². The van der Waals surface area contributed by atoms with Gasteiger partial charge in [0.15, 0.2) is 0 Å². The van der Waals surface area contributed by atoms with Gasteiger partial charge in [0.05, 0.1) is 29.0 Å². The average Bonchev–Trinajstić information content (AvgIpc) is 3.34. The Bertz CT molecular complexity index is 955. The molecule has 0 unspecified atom stereocenters. The lowest BCUT2D eigenvalue weighted by atomic mass is 10.0. The molecule has 128 valence electrons. The Morgan fingerprint density at radius 2 is 2.08 bits per heavy atom. The zero-order chi connectivity index (χ0) is 17.6. The van der Waals surface area contributed by atoms with Crippen molar-refractivity contribution in [3.05, 3.63) is 58.5 Å². The highest BCUT2D eigenvalue weighted by Gasteiger charge is 2.26. The molecule has 25 heavy (non-hydrogen) atoms. The van der Waals surface area contributed by atoms with Gasteiger partial charge < -0.3 is 4.90 Å². The number of pyridine rings is 1. The lowest BCUT2D eigenvalue weighted by Gasteiger charge is -2.18. The fraction of sp³-hybridized carbons (Fsp3) is 0.350. The maximum atomic E-state index is 13.0. The summed E-state index contributed by atoms with van der Waals surface area (Å²) in [5.74, 6) is 0.615. The zero-order valence-corrected chi connectivity index (χ0v) is 14.8. The first kappa shape index (κ1) is 15.8. The van der Waals surface area contributed by atoms with Crippen LogP contribution in [0.25, 0.3) is 10.9 Å². The van der Waals surface area contributed by atoms with E-state index >= 15 is 0 Å². The maximum absolute atomic E-state index is 13.0. The van der Waals surface area contributed by atoms with E-state index in [0.29, 0.717) is 18.0 Å². The highest BCUT2D eigenvalue weighted by Crippen LogP contribution is 2.39. The number of hydrogen-bond acceptors (Lipinski definition) is 3. The lowest BCUT2D eigenvalue weighted by molar-refractivity contribution is 0.0785. The summed E-state index contributed by atoms with van der Waals surface area (Å²) in [4.78, 5) is 19.4. The number of hydrogen-bond donors (Lipinski definition) is 1. The second-order valence-corrected chi connectivity index (χ2v) is 7.04. The number of aryl methyl sites for hydroxylation is 2. The fourth-order valence-electron chi connectivity index (χ4n) is 3.28. The quantitative estimate of drug-likeness (QED) is 0.791. The number of aromatic nitrogens is 3. The number of amides is 1. The van der Waals surface area contributed by atoms with Gasteiger partial charge in [0, 0.05) is 24.0 Å². The summed E-state index contributed by atoms with van der Waals surface area (Å²) < 4.78 is 0. The minimum Gasteiger partial charge on any atom is -0.336 e. The molecule has 1 saturated carbocycles. The number of fused-ring (bicyclic) bond motifs is 1. The van der Waals surface area contributed by atoms with E-state index in [0.717, 1.165) is 33.5 Å². The van der Waals surface area contributed by atoms with E-state index < -0.39 is 0 Å². The zero-order valence-electron chi connectivity index (χ0n) is 14.8. The predicted molar refractivity (Wildman–Crippen MR) is 97.6 cm³/mol. The van der Waals surface area contributed by atoms with Crippen molar-refractivity contribution in [2.24, 2.45) is 0 Å². The van der Waals surface area contributed by atoms with Crippen LogP contribution in [0.15, 0.2) is 30.3 Å². The van der Waals surface area contributed by atoms with Crippen LogP contribution in [-0.4, -0.2) is 33.0 Å². The molecular formula is C20H22N4O. The molecule has 1 fully saturated rings. The monoisotopic (exact) mass is 334 g/mol. The molecule has 5 nitrogen and oxygen atoms in total. The van der Waals surface area contributed by atoms with E-state index in [9.17, 15) is 4.79 Å². The van der Waals surface area contributed by atoms with Gasteiger partial charge in [-0.1, -0.05) is 18.2 Å². The third-order valence-electron chi connectivity index (χ3n) is 4.80. The van der Waals surface area contributed by atoms with E-state index in [1.54, 1.807) is 4.90 Å². The van der Waals surface area contributed by atoms with Crippen LogP contribution in [0.3, 0.4) is 0 Å². The van der Waals surface area contributed by atoms with Crippen LogP contribution >= 0.6 is 0 Å². The van der Waals surface area contributed by atoms with Gasteiger partial charge in [0.2, 0.25) is 0 Å². The van der Waals surface area contributed by atoms with E-state index in [1.807, 2.05) is 45.2 Å².